The molecule has 1 aliphatic rings. The quantitative estimate of drug-likeness (QED) is 0.660. The number of benzene rings is 1. The lowest BCUT2D eigenvalue weighted by molar-refractivity contribution is 0.635. The maximum atomic E-state index is 4.81. The first-order valence-electron chi connectivity index (χ1n) is 10.9. The number of aromatic nitrogens is 3. The van der Waals surface area contributed by atoms with Crippen LogP contribution in [0.25, 0.3) is 0 Å². The van der Waals surface area contributed by atoms with Gasteiger partial charge in [0.15, 0.2) is 0 Å². The molecule has 164 valence electrons. The van der Waals surface area contributed by atoms with Crippen molar-refractivity contribution >= 4 is 29.1 Å². The lowest BCUT2D eigenvalue weighted by atomic mass is 10.2. The Morgan fingerprint density at radius 3 is 2.26 bits per heavy atom. The number of nitrogens with one attached hydrogen (secondary N) is 1. The molecule has 1 N–H and O–H groups in total. The van der Waals surface area contributed by atoms with E-state index in [2.05, 4.69) is 51.3 Å². The molecule has 4 rings (SSSR count). The van der Waals surface area contributed by atoms with Gasteiger partial charge in [0, 0.05) is 58.2 Å². The Morgan fingerprint density at radius 2 is 1.61 bits per heavy atom. The van der Waals surface area contributed by atoms with Crippen molar-refractivity contribution in [3.8, 4) is 0 Å². The standard InChI is InChI=1S/C22H27N7.C2H6/c1-17-7-6-8-18(15-17)24-19-16-21(27(2)3)26-22(25-19)29-13-11-28(12-14-29)20-9-4-5-10-23-20;1-2/h4-10,15-16H,11-14H2,1-3H3,(H,24,25,26);1-2H3. The smallest absolute Gasteiger partial charge is 0.229 e. The third-order valence-corrected chi connectivity index (χ3v) is 4.99. The minimum absolute atomic E-state index is 0.757. The molecule has 7 heteroatoms. The summed E-state index contributed by atoms with van der Waals surface area (Å²) in [5.41, 5.74) is 2.24. The summed E-state index contributed by atoms with van der Waals surface area (Å²) in [6, 6.07) is 16.3. The van der Waals surface area contributed by atoms with Crippen molar-refractivity contribution in [2.75, 3.05) is 60.3 Å². The first-order chi connectivity index (χ1) is 15.1. The summed E-state index contributed by atoms with van der Waals surface area (Å²) in [7, 11) is 4.00. The van der Waals surface area contributed by atoms with Gasteiger partial charge in [-0.05, 0) is 36.8 Å². The Kier molecular flexibility index (Phi) is 7.65. The molecule has 0 amide bonds. The SMILES string of the molecule is CC.Cc1cccc(Nc2cc(N(C)C)nc(N3CCN(c4ccccn4)CC3)n2)c1. The summed E-state index contributed by atoms with van der Waals surface area (Å²) in [6.45, 7) is 9.60. The molecule has 2 aromatic heterocycles. The fraction of sp³-hybridized carbons (Fsp3) is 0.375. The van der Waals surface area contributed by atoms with Gasteiger partial charge in [0.2, 0.25) is 5.95 Å². The van der Waals surface area contributed by atoms with Gasteiger partial charge in [-0.15, -0.1) is 0 Å². The van der Waals surface area contributed by atoms with Gasteiger partial charge in [0.05, 0.1) is 0 Å². The number of anilines is 5. The maximum Gasteiger partial charge on any atom is 0.229 e. The van der Waals surface area contributed by atoms with Gasteiger partial charge in [0.1, 0.15) is 17.5 Å². The van der Waals surface area contributed by atoms with Crippen LogP contribution in [0.5, 0.6) is 0 Å². The van der Waals surface area contributed by atoms with Gasteiger partial charge in [0.25, 0.3) is 0 Å². The van der Waals surface area contributed by atoms with Crippen LogP contribution in [-0.2, 0) is 0 Å². The second-order valence-corrected chi connectivity index (χ2v) is 7.46. The van der Waals surface area contributed by atoms with Gasteiger partial charge >= 0.3 is 0 Å². The molecule has 0 aliphatic carbocycles. The summed E-state index contributed by atoms with van der Waals surface area (Å²) in [5.74, 6) is 3.47. The zero-order valence-corrected chi connectivity index (χ0v) is 19.2. The Morgan fingerprint density at radius 1 is 0.871 bits per heavy atom. The Hall–Kier alpha value is -3.35. The second-order valence-electron chi connectivity index (χ2n) is 7.46. The van der Waals surface area contributed by atoms with Crippen LogP contribution in [0.3, 0.4) is 0 Å². The third kappa shape index (κ3) is 5.84. The fourth-order valence-corrected chi connectivity index (χ4v) is 3.40. The highest BCUT2D eigenvalue weighted by Gasteiger charge is 2.21. The number of pyridine rings is 1. The van der Waals surface area contributed by atoms with Crippen molar-refractivity contribution in [1.82, 2.24) is 15.0 Å². The molecule has 0 saturated carbocycles. The number of rotatable bonds is 5. The molecular formula is C24H33N7. The minimum atomic E-state index is 0.757. The van der Waals surface area contributed by atoms with Crippen LogP contribution < -0.4 is 20.0 Å². The molecule has 0 spiro atoms. The van der Waals surface area contributed by atoms with Crippen molar-refractivity contribution in [1.29, 1.82) is 0 Å². The van der Waals surface area contributed by atoms with E-state index in [1.165, 1.54) is 5.56 Å². The summed E-state index contributed by atoms with van der Waals surface area (Å²) >= 11 is 0. The Bertz CT molecular complexity index is 951. The molecule has 1 aromatic carbocycles. The molecule has 0 unspecified atom stereocenters. The number of nitrogens with zero attached hydrogens (tertiary/aromatic N) is 6. The number of hydrogen-bond donors (Lipinski definition) is 1. The number of aryl methyl sites for hydroxylation is 1. The van der Waals surface area contributed by atoms with Crippen LogP contribution in [-0.4, -0.2) is 55.2 Å². The van der Waals surface area contributed by atoms with E-state index in [-0.39, 0.29) is 0 Å². The molecule has 3 heterocycles. The average Bonchev–Trinajstić information content (AvgIpc) is 2.81. The van der Waals surface area contributed by atoms with E-state index in [4.69, 9.17) is 9.97 Å². The maximum absolute atomic E-state index is 4.81. The molecular weight excluding hydrogens is 386 g/mol. The first kappa shape index (κ1) is 22.3. The van der Waals surface area contributed by atoms with E-state index in [9.17, 15) is 0 Å². The highest BCUT2D eigenvalue weighted by molar-refractivity contribution is 5.62. The van der Waals surface area contributed by atoms with Crippen LogP contribution in [0.15, 0.2) is 54.7 Å². The number of piperazine rings is 1. The summed E-state index contributed by atoms with van der Waals surface area (Å²) in [5, 5.41) is 3.43. The van der Waals surface area contributed by atoms with Crippen molar-refractivity contribution in [2.45, 2.75) is 20.8 Å². The molecule has 1 aliphatic heterocycles. The number of hydrogen-bond acceptors (Lipinski definition) is 7. The molecule has 0 atom stereocenters. The van der Waals surface area contributed by atoms with Crippen molar-refractivity contribution in [3.63, 3.8) is 0 Å². The van der Waals surface area contributed by atoms with E-state index in [1.807, 2.05) is 63.3 Å². The fourth-order valence-electron chi connectivity index (χ4n) is 3.40. The van der Waals surface area contributed by atoms with Crippen molar-refractivity contribution in [3.05, 3.63) is 60.3 Å². The summed E-state index contributed by atoms with van der Waals surface area (Å²) < 4.78 is 0. The second kappa shape index (κ2) is 10.6. The molecule has 1 fully saturated rings. The van der Waals surface area contributed by atoms with E-state index in [0.717, 1.165) is 55.3 Å². The molecule has 3 aromatic rings. The van der Waals surface area contributed by atoms with E-state index < -0.39 is 0 Å². The average molecular weight is 420 g/mol. The predicted octanol–water partition coefficient (Wildman–Crippen LogP) is 4.34. The van der Waals surface area contributed by atoms with E-state index >= 15 is 0 Å². The molecule has 7 nitrogen and oxygen atoms in total. The van der Waals surface area contributed by atoms with E-state index in [0.29, 0.717) is 0 Å². The van der Waals surface area contributed by atoms with Gasteiger partial charge in [-0.2, -0.15) is 9.97 Å². The highest BCUT2D eigenvalue weighted by Crippen LogP contribution is 2.24. The monoisotopic (exact) mass is 419 g/mol. The highest BCUT2D eigenvalue weighted by atomic mass is 15.3. The normalized spacial score (nSPS) is 13.3. The lowest BCUT2D eigenvalue weighted by Gasteiger charge is -2.35. The Labute approximate surface area is 185 Å². The van der Waals surface area contributed by atoms with Crippen LogP contribution >= 0.6 is 0 Å². The van der Waals surface area contributed by atoms with Crippen molar-refractivity contribution in [2.24, 2.45) is 0 Å². The zero-order valence-electron chi connectivity index (χ0n) is 19.2. The van der Waals surface area contributed by atoms with Gasteiger partial charge in [-0.1, -0.05) is 32.0 Å². The molecule has 31 heavy (non-hydrogen) atoms. The van der Waals surface area contributed by atoms with E-state index in [1.54, 1.807) is 0 Å². The van der Waals surface area contributed by atoms with Gasteiger partial charge in [-0.3, -0.25) is 0 Å². The minimum Gasteiger partial charge on any atom is -0.363 e. The Balaban J connectivity index is 0.00000132. The van der Waals surface area contributed by atoms with Gasteiger partial charge in [-0.25, -0.2) is 4.98 Å². The van der Waals surface area contributed by atoms with Crippen molar-refractivity contribution < 1.29 is 0 Å². The summed E-state index contributed by atoms with van der Waals surface area (Å²) in [6.07, 6.45) is 1.84. The van der Waals surface area contributed by atoms with Crippen LogP contribution in [0, 0.1) is 6.92 Å². The zero-order chi connectivity index (χ0) is 22.2. The van der Waals surface area contributed by atoms with Crippen LogP contribution in [0.1, 0.15) is 19.4 Å². The largest absolute Gasteiger partial charge is 0.363 e. The summed E-state index contributed by atoms with van der Waals surface area (Å²) in [4.78, 5) is 20.6. The molecule has 0 bridgehead atoms. The molecule has 0 radical (unpaired) electrons. The lowest BCUT2D eigenvalue weighted by Crippen LogP contribution is -2.47. The predicted molar refractivity (Wildman–Crippen MR) is 131 cm³/mol. The van der Waals surface area contributed by atoms with Crippen LogP contribution in [0.2, 0.25) is 0 Å². The third-order valence-electron chi connectivity index (χ3n) is 4.99. The first-order valence-corrected chi connectivity index (χ1v) is 10.9. The molecule has 1 saturated heterocycles. The van der Waals surface area contributed by atoms with Crippen LogP contribution in [0.4, 0.5) is 29.1 Å². The van der Waals surface area contributed by atoms with Gasteiger partial charge < -0.3 is 20.0 Å². The topological polar surface area (TPSA) is 60.4 Å².